The van der Waals surface area contributed by atoms with Gasteiger partial charge >= 0.3 is 0 Å². The van der Waals surface area contributed by atoms with Gasteiger partial charge in [0.15, 0.2) is 0 Å². The third-order valence-electron chi connectivity index (χ3n) is 3.65. The molecule has 1 aromatic carbocycles. The van der Waals surface area contributed by atoms with Gasteiger partial charge in [0.25, 0.3) is 0 Å². The maximum absolute atomic E-state index is 12.3. The molecule has 1 unspecified atom stereocenters. The van der Waals surface area contributed by atoms with Crippen LogP contribution >= 0.6 is 0 Å². The van der Waals surface area contributed by atoms with Crippen molar-refractivity contribution in [1.29, 1.82) is 0 Å². The number of carbonyl (C=O) groups excluding carboxylic acids is 1. The zero-order valence-corrected chi connectivity index (χ0v) is 12.6. The third kappa shape index (κ3) is 3.64. The zero-order valence-electron chi connectivity index (χ0n) is 12.6. The number of anilines is 2. The van der Waals surface area contributed by atoms with Gasteiger partial charge in [-0.2, -0.15) is 0 Å². The van der Waals surface area contributed by atoms with Gasteiger partial charge < -0.3 is 15.5 Å². The summed E-state index contributed by atoms with van der Waals surface area (Å²) in [4.78, 5) is 14.3. The van der Waals surface area contributed by atoms with Crippen LogP contribution in [0.25, 0.3) is 0 Å². The van der Waals surface area contributed by atoms with Gasteiger partial charge in [0, 0.05) is 12.1 Å². The minimum atomic E-state index is -0.279. The van der Waals surface area contributed by atoms with Crippen molar-refractivity contribution in [2.75, 3.05) is 18.1 Å². The Bertz CT molecular complexity index is 621. The van der Waals surface area contributed by atoms with Crippen LogP contribution in [0.1, 0.15) is 18.2 Å². The smallest absolute Gasteiger partial charge is 0.241 e. The normalized spacial score (nSPS) is 12.4. The molecular formula is C16H21N3O2. The highest BCUT2D eigenvalue weighted by atomic mass is 16.3. The van der Waals surface area contributed by atoms with E-state index in [-0.39, 0.29) is 11.9 Å². The minimum absolute atomic E-state index is 0.0865. The van der Waals surface area contributed by atoms with Crippen LogP contribution in [0.4, 0.5) is 11.4 Å². The fraction of sp³-hybridized carbons (Fsp3) is 0.312. The fourth-order valence-corrected chi connectivity index (χ4v) is 2.03. The van der Waals surface area contributed by atoms with Gasteiger partial charge in [0.05, 0.1) is 23.7 Å². The number of nitrogen functional groups attached to an aromatic ring is 1. The monoisotopic (exact) mass is 287 g/mol. The average Bonchev–Trinajstić information content (AvgIpc) is 2.86. The summed E-state index contributed by atoms with van der Waals surface area (Å²) in [5.41, 5.74) is 8.12. The number of amides is 1. The van der Waals surface area contributed by atoms with Crippen molar-refractivity contribution in [2.24, 2.45) is 0 Å². The van der Waals surface area contributed by atoms with Gasteiger partial charge in [-0.15, -0.1) is 0 Å². The Balaban J connectivity index is 1.99. The first-order valence-electron chi connectivity index (χ1n) is 6.87. The number of benzene rings is 1. The van der Waals surface area contributed by atoms with Gasteiger partial charge in [-0.1, -0.05) is 12.1 Å². The Morgan fingerprint density at radius 3 is 2.71 bits per heavy atom. The number of carbonyl (C=O) groups is 1. The number of rotatable bonds is 5. The van der Waals surface area contributed by atoms with Gasteiger partial charge in [-0.05, 0) is 39.1 Å². The number of likely N-dealkylation sites (N-methyl/N-ethyl adjacent to an activating group) is 1. The predicted molar refractivity (Wildman–Crippen MR) is 83.9 cm³/mol. The summed E-state index contributed by atoms with van der Waals surface area (Å²) in [6, 6.07) is 8.88. The van der Waals surface area contributed by atoms with Crippen molar-refractivity contribution >= 4 is 17.3 Å². The Kier molecular flexibility index (Phi) is 4.65. The summed E-state index contributed by atoms with van der Waals surface area (Å²) in [6.07, 6.45) is 1.66. The highest BCUT2D eigenvalue weighted by Gasteiger charge is 2.19. The van der Waals surface area contributed by atoms with Crippen LogP contribution in [-0.4, -0.2) is 23.9 Å². The second-order valence-electron chi connectivity index (χ2n) is 5.17. The lowest BCUT2D eigenvalue weighted by molar-refractivity contribution is -0.120. The molecule has 0 fully saturated rings. The minimum Gasteiger partial charge on any atom is -0.469 e. The summed E-state index contributed by atoms with van der Waals surface area (Å²) in [5, 5.41) is 2.86. The Morgan fingerprint density at radius 1 is 1.38 bits per heavy atom. The number of aryl methyl sites for hydroxylation is 1. The van der Waals surface area contributed by atoms with E-state index >= 15 is 0 Å². The second-order valence-corrected chi connectivity index (χ2v) is 5.17. The summed E-state index contributed by atoms with van der Waals surface area (Å²) < 4.78 is 5.27. The topological polar surface area (TPSA) is 71.5 Å². The Morgan fingerprint density at radius 2 is 2.10 bits per heavy atom. The summed E-state index contributed by atoms with van der Waals surface area (Å²) in [6.45, 7) is 4.43. The van der Waals surface area contributed by atoms with Crippen LogP contribution in [0.3, 0.4) is 0 Å². The van der Waals surface area contributed by atoms with Gasteiger partial charge in [-0.3, -0.25) is 9.69 Å². The molecule has 2 rings (SSSR count). The predicted octanol–water partition coefficient (Wildman–Crippen LogP) is 2.63. The van der Waals surface area contributed by atoms with Crippen molar-refractivity contribution < 1.29 is 9.21 Å². The molecule has 1 aromatic heterocycles. The van der Waals surface area contributed by atoms with Crippen molar-refractivity contribution in [3.8, 4) is 0 Å². The molecule has 0 aliphatic heterocycles. The standard InChI is InChI=1S/C16H21N3O2/c1-11(19(3)10-13-8-9-21-12(13)2)16(20)18-15-7-5-4-6-14(15)17/h4-9,11H,10,17H2,1-3H3,(H,18,20). The van der Waals surface area contributed by atoms with E-state index in [1.807, 2.05) is 44.0 Å². The van der Waals surface area contributed by atoms with E-state index in [0.717, 1.165) is 11.3 Å². The molecule has 0 bridgehead atoms. The molecule has 5 heteroatoms. The quantitative estimate of drug-likeness (QED) is 0.829. The zero-order chi connectivity index (χ0) is 15.4. The molecule has 3 N–H and O–H groups in total. The Labute approximate surface area is 124 Å². The molecule has 0 aliphatic rings. The van der Waals surface area contributed by atoms with Crippen molar-refractivity contribution in [3.05, 3.63) is 47.9 Å². The number of nitrogens with one attached hydrogen (secondary N) is 1. The molecule has 0 aliphatic carbocycles. The number of hydrogen-bond acceptors (Lipinski definition) is 4. The first-order chi connectivity index (χ1) is 9.99. The van der Waals surface area contributed by atoms with Crippen molar-refractivity contribution in [2.45, 2.75) is 26.4 Å². The summed E-state index contributed by atoms with van der Waals surface area (Å²) in [7, 11) is 1.91. The molecule has 5 nitrogen and oxygen atoms in total. The van der Waals surface area contributed by atoms with E-state index in [1.54, 1.807) is 18.4 Å². The summed E-state index contributed by atoms with van der Waals surface area (Å²) >= 11 is 0. The molecule has 1 amide bonds. The molecule has 0 spiro atoms. The van der Waals surface area contributed by atoms with E-state index in [0.29, 0.717) is 17.9 Å². The van der Waals surface area contributed by atoms with E-state index in [4.69, 9.17) is 10.2 Å². The molecule has 1 atom stereocenters. The fourth-order valence-electron chi connectivity index (χ4n) is 2.03. The van der Waals surface area contributed by atoms with Crippen LogP contribution in [0.15, 0.2) is 41.0 Å². The summed E-state index contributed by atoms with van der Waals surface area (Å²) in [5.74, 6) is 0.790. The number of para-hydroxylation sites is 2. The number of hydrogen-bond donors (Lipinski definition) is 2. The molecule has 112 valence electrons. The van der Waals surface area contributed by atoms with Gasteiger partial charge in [-0.25, -0.2) is 0 Å². The highest BCUT2D eigenvalue weighted by Crippen LogP contribution is 2.18. The average molecular weight is 287 g/mol. The lowest BCUT2D eigenvalue weighted by Crippen LogP contribution is -2.39. The van der Waals surface area contributed by atoms with E-state index in [1.165, 1.54) is 0 Å². The highest BCUT2D eigenvalue weighted by molar-refractivity contribution is 5.96. The van der Waals surface area contributed by atoms with Crippen LogP contribution in [-0.2, 0) is 11.3 Å². The first kappa shape index (κ1) is 15.1. The van der Waals surface area contributed by atoms with Crippen molar-refractivity contribution in [3.63, 3.8) is 0 Å². The molecule has 0 saturated carbocycles. The maximum atomic E-state index is 12.3. The SMILES string of the molecule is Cc1occc1CN(C)C(C)C(=O)Nc1ccccc1N. The lowest BCUT2D eigenvalue weighted by Gasteiger charge is -2.23. The van der Waals surface area contributed by atoms with Crippen LogP contribution in [0.5, 0.6) is 0 Å². The second kappa shape index (κ2) is 6.45. The molecule has 0 radical (unpaired) electrons. The molecule has 0 saturated heterocycles. The van der Waals surface area contributed by atoms with Crippen LogP contribution < -0.4 is 11.1 Å². The molecule has 1 heterocycles. The van der Waals surface area contributed by atoms with Crippen LogP contribution in [0, 0.1) is 6.92 Å². The van der Waals surface area contributed by atoms with Crippen LogP contribution in [0.2, 0.25) is 0 Å². The maximum Gasteiger partial charge on any atom is 0.241 e. The molecule has 21 heavy (non-hydrogen) atoms. The van der Waals surface area contributed by atoms with Crippen molar-refractivity contribution in [1.82, 2.24) is 4.90 Å². The van der Waals surface area contributed by atoms with Gasteiger partial charge in [0.2, 0.25) is 5.91 Å². The van der Waals surface area contributed by atoms with Gasteiger partial charge in [0.1, 0.15) is 5.76 Å². The van der Waals surface area contributed by atoms with E-state index in [2.05, 4.69) is 5.32 Å². The lowest BCUT2D eigenvalue weighted by atomic mass is 10.2. The number of nitrogens with zero attached hydrogens (tertiary/aromatic N) is 1. The largest absolute Gasteiger partial charge is 0.469 e. The Hall–Kier alpha value is -2.27. The van der Waals surface area contributed by atoms with E-state index < -0.39 is 0 Å². The number of furan rings is 1. The molecule has 2 aromatic rings. The molecular weight excluding hydrogens is 266 g/mol. The third-order valence-corrected chi connectivity index (χ3v) is 3.65. The number of nitrogens with two attached hydrogens (primary N) is 1. The van der Waals surface area contributed by atoms with E-state index in [9.17, 15) is 4.79 Å². The first-order valence-corrected chi connectivity index (χ1v) is 6.87.